The summed E-state index contributed by atoms with van der Waals surface area (Å²) in [6.07, 6.45) is 1.76. The summed E-state index contributed by atoms with van der Waals surface area (Å²) in [6, 6.07) is 22.7. The van der Waals surface area contributed by atoms with E-state index in [2.05, 4.69) is 15.0 Å². The number of aromatic nitrogens is 3. The van der Waals surface area contributed by atoms with Crippen molar-refractivity contribution in [1.82, 2.24) is 15.0 Å². The predicted molar refractivity (Wildman–Crippen MR) is 120 cm³/mol. The van der Waals surface area contributed by atoms with Gasteiger partial charge in [-0.05, 0) is 48.5 Å². The second-order valence-electron chi connectivity index (χ2n) is 7.10. The summed E-state index contributed by atoms with van der Waals surface area (Å²) in [7, 11) is 1.62. The van der Waals surface area contributed by atoms with Gasteiger partial charge in [0, 0.05) is 28.8 Å². The molecule has 1 N–H and O–H groups in total. The zero-order valence-corrected chi connectivity index (χ0v) is 16.8. The van der Waals surface area contributed by atoms with E-state index < -0.39 is 0 Å². The molecule has 0 bridgehead atoms. The van der Waals surface area contributed by atoms with Gasteiger partial charge in [-0.3, -0.25) is 9.78 Å². The van der Waals surface area contributed by atoms with Crippen molar-refractivity contribution in [3.8, 4) is 22.9 Å². The third-order valence-electron chi connectivity index (χ3n) is 5.14. The Morgan fingerprint density at radius 3 is 2.74 bits per heavy atom. The van der Waals surface area contributed by atoms with Crippen LogP contribution in [0.5, 0.6) is 11.5 Å². The maximum absolute atomic E-state index is 12.4. The number of nitrogens with zero attached hydrogens (tertiary/aromatic N) is 2. The van der Waals surface area contributed by atoms with Gasteiger partial charge in [-0.2, -0.15) is 0 Å². The molecule has 0 saturated carbocycles. The summed E-state index contributed by atoms with van der Waals surface area (Å²) in [5.74, 6) is 1.92. The highest BCUT2D eigenvalue weighted by atomic mass is 16.5. The topological polar surface area (TPSA) is 77.1 Å². The van der Waals surface area contributed by atoms with Gasteiger partial charge in [-0.25, -0.2) is 4.98 Å². The summed E-state index contributed by atoms with van der Waals surface area (Å²) in [6.45, 7) is 0.299. The van der Waals surface area contributed by atoms with Gasteiger partial charge in [0.25, 0.3) is 5.56 Å². The van der Waals surface area contributed by atoms with Gasteiger partial charge < -0.3 is 14.5 Å². The highest BCUT2D eigenvalue weighted by molar-refractivity contribution is 5.80. The highest BCUT2D eigenvalue weighted by Gasteiger charge is 2.11. The molecule has 5 aromatic rings. The molecule has 0 aliphatic carbocycles. The number of ether oxygens (including phenoxy) is 2. The zero-order chi connectivity index (χ0) is 21.2. The Morgan fingerprint density at radius 2 is 1.84 bits per heavy atom. The van der Waals surface area contributed by atoms with Crippen LogP contribution >= 0.6 is 0 Å². The fraction of sp³-hybridized carbons (Fsp3) is 0.0800. The summed E-state index contributed by atoms with van der Waals surface area (Å²) in [5.41, 5.74) is 2.98. The Morgan fingerprint density at radius 1 is 0.935 bits per heavy atom. The minimum Gasteiger partial charge on any atom is -0.496 e. The maximum Gasteiger partial charge on any atom is 0.259 e. The average Bonchev–Trinajstić information content (AvgIpc) is 2.82. The first-order chi connectivity index (χ1) is 15.2. The molecule has 0 aliphatic heterocycles. The molecule has 6 nitrogen and oxygen atoms in total. The molecule has 0 spiro atoms. The standard InChI is InChI=1S/C25H19N3O3/c1-30-23-11-9-17(24-27-21-7-3-2-6-20(21)25(29)28-24)13-18(23)15-31-19-10-8-16-5-4-12-26-22(16)14-19/h2-14H,15H2,1H3,(H,27,28,29). The van der Waals surface area contributed by atoms with E-state index in [-0.39, 0.29) is 5.56 Å². The molecule has 2 heterocycles. The van der Waals surface area contributed by atoms with Gasteiger partial charge in [-0.15, -0.1) is 0 Å². The Bertz CT molecular complexity index is 1460. The predicted octanol–water partition coefficient (Wildman–Crippen LogP) is 4.73. The molecule has 6 heteroatoms. The molecule has 0 saturated heterocycles. The summed E-state index contributed by atoms with van der Waals surface area (Å²) < 4.78 is 11.5. The number of benzene rings is 3. The summed E-state index contributed by atoms with van der Waals surface area (Å²) in [4.78, 5) is 24.3. The Hall–Kier alpha value is -4.19. The molecule has 5 rings (SSSR count). The number of hydrogen-bond donors (Lipinski definition) is 1. The molecule has 31 heavy (non-hydrogen) atoms. The second kappa shape index (κ2) is 7.91. The number of fused-ring (bicyclic) bond motifs is 2. The van der Waals surface area contributed by atoms with E-state index in [1.807, 2.05) is 66.7 Å². The molecular formula is C25H19N3O3. The highest BCUT2D eigenvalue weighted by Crippen LogP contribution is 2.27. The van der Waals surface area contributed by atoms with Gasteiger partial charge in [-0.1, -0.05) is 18.2 Å². The normalized spacial score (nSPS) is 11.0. The smallest absolute Gasteiger partial charge is 0.259 e. The molecule has 0 amide bonds. The van der Waals surface area contributed by atoms with E-state index in [1.165, 1.54) is 0 Å². The maximum atomic E-state index is 12.4. The summed E-state index contributed by atoms with van der Waals surface area (Å²) in [5, 5.41) is 1.62. The number of rotatable bonds is 5. The first-order valence-electron chi connectivity index (χ1n) is 9.85. The third kappa shape index (κ3) is 3.71. The number of pyridine rings is 1. The van der Waals surface area contributed by atoms with Crippen molar-refractivity contribution in [2.24, 2.45) is 0 Å². The van der Waals surface area contributed by atoms with Crippen molar-refractivity contribution < 1.29 is 9.47 Å². The molecule has 0 fully saturated rings. The van der Waals surface area contributed by atoms with Crippen LogP contribution in [-0.4, -0.2) is 22.1 Å². The van der Waals surface area contributed by atoms with Crippen LogP contribution in [0.4, 0.5) is 0 Å². The Labute approximate surface area is 178 Å². The number of nitrogens with one attached hydrogen (secondary N) is 1. The largest absolute Gasteiger partial charge is 0.496 e. The first-order valence-corrected chi connectivity index (χ1v) is 9.85. The lowest BCUT2D eigenvalue weighted by molar-refractivity contribution is 0.297. The molecule has 0 radical (unpaired) electrons. The van der Waals surface area contributed by atoms with Crippen LogP contribution in [0.25, 0.3) is 33.2 Å². The van der Waals surface area contributed by atoms with Gasteiger partial charge in [0.15, 0.2) is 0 Å². The lowest BCUT2D eigenvalue weighted by atomic mass is 10.1. The fourth-order valence-corrected chi connectivity index (χ4v) is 3.56. The van der Waals surface area contributed by atoms with Crippen molar-refractivity contribution in [2.75, 3.05) is 7.11 Å². The van der Waals surface area contributed by atoms with E-state index in [9.17, 15) is 4.79 Å². The van der Waals surface area contributed by atoms with Crippen LogP contribution in [0.3, 0.4) is 0 Å². The average molecular weight is 409 g/mol. The fourth-order valence-electron chi connectivity index (χ4n) is 3.56. The Balaban J connectivity index is 1.47. The lowest BCUT2D eigenvalue weighted by Crippen LogP contribution is -2.09. The van der Waals surface area contributed by atoms with E-state index in [0.29, 0.717) is 29.1 Å². The minimum absolute atomic E-state index is 0.169. The number of para-hydroxylation sites is 1. The minimum atomic E-state index is -0.169. The van der Waals surface area contributed by atoms with Gasteiger partial charge >= 0.3 is 0 Å². The molecule has 3 aromatic carbocycles. The van der Waals surface area contributed by atoms with E-state index >= 15 is 0 Å². The molecule has 0 atom stereocenters. The van der Waals surface area contributed by atoms with Crippen LogP contribution in [0.1, 0.15) is 5.56 Å². The molecular weight excluding hydrogens is 390 g/mol. The van der Waals surface area contributed by atoms with Crippen molar-refractivity contribution in [1.29, 1.82) is 0 Å². The van der Waals surface area contributed by atoms with Crippen molar-refractivity contribution in [2.45, 2.75) is 6.61 Å². The van der Waals surface area contributed by atoms with Crippen molar-refractivity contribution >= 4 is 21.8 Å². The van der Waals surface area contributed by atoms with Crippen LogP contribution in [0, 0.1) is 0 Å². The SMILES string of the molecule is COc1ccc(-c2nc3ccccc3c(=O)[nH]2)cc1COc1ccc2cccnc2c1. The summed E-state index contributed by atoms with van der Waals surface area (Å²) >= 11 is 0. The number of hydrogen-bond acceptors (Lipinski definition) is 5. The molecule has 0 unspecified atom stereocenters. The van der Waals surface area contributed by atoms with Crippen LogP contribution < -0.4 is 15.0 Å². The van der Waals surface area contributed by atoms with Crippen LogP contribution in [0.15, 0.2) is 83.8 Å². The zero-order valence-electron chi connectivity index (χ0n) is 16.8. The lowest BCUT2D eigenvalue weighted by Gasteiger charge is -2.12. The third-order valence-corrected chi connectivity index (χ3v) is 5.14. The number of methoxy groups -OCH3 is 1. The van der Waals surface area contributed by atoms with E-state index in [1.54, 1.807) is 19.4 Å². The second-order valence-corrected chi connectivity index (χ2v) is 7.10. The van der Waals surface area contributed by atoms with E-state index in [4.69, 9.17) is 9.47 Å². The molecule has 152 valence electrons. The number of H-pyrrole nitrogens is 1. The van der Waals surface area contributed by atoms with Crippen molar-refractivity contribution in [3.63, 3.8) is 0 Å². The number of aromatic amines is 1. The van der Waals surface area contributed by atoms with Crippen LogP contribution in [-0.2, 0) is 6.61 Å². The van der Waals surface area contributed by atoms with Crippen LogP contribution in [0.2, 0.25) is 0 Å². The van der Waals surface area contributed by atoms with Gasteiger partial charge in [0.2, 0.25) is 0 Å². The Kier molecular flexibility index (Phi) is 4.80. The first kappa shape index (κ1) is 18.8. The van der Waals surface area contributed by atoms with Crippen molar-refractivity contribution in [3.05, 3.63) is 94.9 Å². The van der Waals surface area contributed by atoms with Gasteiger partial charge in [0.05, 0.1) is 23.5 Å². The molecule has 0 aliphatic rings. The monoisotopic (exact) mass is 409 g/mol. The van der Waals surface area contributed by atoms with Gasteiger partial charge in [0.1, 0.15) is 23.9 Å². The molecule has 2 aromatic heterocycles. The van der Waals surface area contributed by atoms with E-state index in [0.717, 1.165) is 27.8 Å². The quantitative estimate of drug-likeness (QED) is 0.454.